The number of imide groups is 1. The summed E-state index contributed by atoms with van der Waals surface area (Å²) in [6, 6.07) is 6.22. The van der Waals surface area contributed by atoms with Crippen LogP contribution in [-0.2, 0) is 25.6 Å². The second-order valence-corrected chi connectivity index (χ2v) is 7.01. The zero-order chi connectivity index (χ0) is 20.4. The third-order valence-corrected chi connectivity index (χ3v) is 4.65. The van der Waals surface area contributed by atoms with Crippen molar-refractivity contribution in [2.45, 2.75) is 25.3 Å². The molecule has 0 radical (unpaired) electrons. The maximum atomic E-state index is 12.7. The molecule has 8 heteroatoms. The number of nitrogens with one attached hydrogen (secondary N) is 2. The van der Waals surface area contributed by atoms with Crippen molar-refractivity contribution in [1.29, 1.82) is 0 Å². The number of hydrogen-bond donors (Lipinski definition) is 2. The summed E-state index contributed by atoms with van der Waals surface area (Å²) in [4.78, 5) is 51.6. The lowest BCUT2D eigenvalue weighted by molar-refractivity contribution is -0.146. The Bertz CT molecular complexity index is 903. The fourth-order valence-corrected chi connectivity index (χ4v) is 3.13. The number of benzene rings is 1. The van der Waals surface area contributed by atoms with E-state index < -0.39 is 23.8 Å². The molecule has 1 saturated heterocycles. The number of anilines is 1. The van der Waals surface area contributed by atoms with E-state index in [1.165, 1.54) is 11.0 Å². The highest BCUT2D eigenvalue weighted by molar-refractivity contribution is 6.19. The third kappa shape index (κ3) is 3.95. The van der Waals surface area contributed by atoms with Gasteiger partial charge >= 0.3 is 0 Å². The summed E-state index contributed by atoms with van der Waals surface area (Å²) >= 11 is 0. The Balaban J connectivity index is 1.72. The molecule has 3 rings (SSSR count). The van der Waals surface area contributed by atoms with Crippen molar-refractivity contribution in [3.05, 3.63) is 53.9 Å². The van der Waals surface area contributed by atoms with Crippen molar-refractivity contribution in [3.63, 3.8) is 0 Å². The quantitative estimate of drug-likeness (QED) is 0.733. The number of carbonyl (C=O) groups excluding carboxylic acids is 4. The Hall–Kier alpha value is -3.42. The van der Waals surface area contributed by atoms with E-state index >= 15 is 0 Å². The Labute approximate surface area is 162 Å². The predicted molar refractivity (Wildman–Crippen MR) is 103 cm³/mol. The Kier molecular flexibility index (Phi) is 5.30. The van der Waals surface area contributed by atoms with E-state index in [2.05, 4.69) is 17.2 Å². The second kappa shape index (κ2) is 7.67. The second-order valence-electron chi connectivity index (χ2n) is 7.01. The van der Waals surface area contributed by atoms with Gasteiger partial charge in [-0.2, -0.15) is 0 Å². The first-order valence-electron chi connectivity index (χ1n) is 8.90. The van der Waals surface area contributed by atoms with Crippen LogP contribution in [0.1, 0.15) is 18.4 Å². The molecular formula is C20H22N4O4. The van der Waals surface area contributed by atoms with Gasteiger partial charge in [-0.05, 0) is 30.5 Å². The summed E-state index contributed by atoms with van der Waals surface area (Å²) in [6.45, 7) is 3.70. The van der Waals surface area contributed by atoms with Crippen molar-refractivity contribution in [2.75, 3.05) is 19.4 Å². The smallest absolute Gasteiger partial charge is 0.278 e. The molecule has 28 heavy (non-hydrogen) atoms. The highest BCUT2D eigenvalue weighted by Crippen LogP contribution is 2.24. The van der Waals surface area contributed by atoms with Crippen molar-refractivity contribution in [3.8, 4) is 0 Å². The minimum Gasteiger partial charge on any atom is -0.351 e. The monoisotopic (exact) mass is 382 g/mol. The first kappa shape index (κ1) is 19.3. The molecule has 1 aromatic rings. The molecule has 0 saturated carbocycles. The van der Waals surface area contributed by atoms with E-state index in [1.807, 2.05) is 6.07 Å². The van der Waals surface area contributed by atoms with Crippen molar-refractivity contribution in [2.24, 2.45) is 0 Å². The average molecular weight is 382 g/mol. The highest BCUT2D eigenvalue weighted by Gasteiger charge is 2.41. The van der Waals surface area contributed by atoms with E-state index in [0.717, 1.165) is 10.5 Å². The normalized spacial score (nSPS) is 19.4. The molecule has 2 aliphatic rings. The maximum absolute atomic E-state index is 12.7. The molecule has 0 bridgehead atoms. The summed E-state index contributed by atoms with van der Waals surface area (Å²) in [5.74, 6) is -1.53. The number of likely N-dealkylation sites (N-methyl/N-ethyl adjacent to an activating group) is 1. The van der Waals surface area contributed by atoms with Gasteiger partial charge in [-0.1, -0.05) is 18.7 Å². The lowest BCUT2D eigenvalue weighted by Crippen LogP contribution is -2.52. The Morgan fingerprint density at radius 3 is 2.75 bits per heavy atom. The molecule has 1 aromatic carbocycles. The zero-order valence-electron chi connectivity index (χ0n) is 15.8. The van der Waals surface area contributed by atoms with Gasteiger partial charge in [0.1, 0.15) is 11.7 Å². The molecule has 2 heterocycles. The fraction of sp³-hybridized carbons (Fsp3) is 0.300. The van der Waals surface area contributed by atoms with Crippen LogP contribution >= 0.6 is 0 Å². The van der Waals surface area contributed by atoms with Crippen LogP contribution < -0.4 is 10.6 Å². The van der Waals surface area contributed by atoms with Gasteiger partial charge in [0.05, 0.1) is 6.42 Å². The molecule has 8 nitrogen and oxygen atoms in total. The van der Waals surface area contributed by atoms with Crippen molar-refractivity contribution in [1.82, 2.24) is 15.1 Å². The number of amides is 4. The minimum absolute atomic E-state index is 0.0421. The molecule has 146 valence electrons. The van der Waals surface area contributed by atoms with Crippen LogP contribution in [0.25, 0.3) is 0 Å². The van der Waals surface area contributed by atoms with Crippen LogP contribution in [0, 0.1) is 0 Å². The number of piperidine rings is 1. The van der Waals surface area contributed by atoms with Crippen molar-refractivity contribution >= 4 is 29.3 Å². The molecule has 0 spiro atoms. The largest absolute Gasteiger partial charge is 0.351 e. The van der Waals surface area contributed by atoms with Crippen LogP contribution in [0.3, 0.4) is 0 Å². The number of allylic oxidation sites excluding steroid dienone is 1. The van der Waals surface area contributed by atoms with Gasteiger partial charge in [0, 0.05) is 31.6 Å². The topological polar surface area (TPSA) is 98.8 Å². The van der Waals surface area contributed by atoms with Gasteiger partial charge in [0.2, 0.25) is 11.8 Å². The van der Waals surface area contributed by atoms with E-state index in [1.54, 1.807) is 32.3 Å². The van der Waals surface area contributed by atoms with Crippen LogP contribution in [0.15, 0.2) is 48.3 Å². The first-order valence-corrected chi connectivity index (χ1v) is 8.90. The molecule has 4 amide bonds. The maximum Gasteiger partial charge on any atom is 0.278 e. The molecule has 2 aliphatic heterocycles. The molecule has 0 aliphatic carbocycles. The molecule has 0 aromatic heterocycles. The van der Waals surface area contributed by atoms with Crippen LogP contribution in [0.4, 0.5) is 5.69 Å². The SMILES string of the molecule is C=C1CCC(N2C(=O)C=C(Nc3cccc(CC(=O)N(C)C)c3)C2=O)C(=O)N1. The fourth-order valence-electron chi connectivity index (χ4n) is 3.13. The van der Waals surface area contributed by atoms with Gasteiger partial charge in [-0.25, -0.2) is 0 Å². The molecular weight excluding hydrogens is 360 g/mol. The van der Waals surface area contributed by atoms with Gasteiger partial charge in [0.25, 0.3) is 11.8 Å². The summed E-state index contributed by atoms with van der Waals surface area (Å²) in [5, 5.41) is 5.52. The zero-order valence-corrected chi connectivity index (χ0v) is 15.8. The van der Waals surface area contributed by atoms with Crippen molar-refractivity contribution < 1.29 is 19.2 Å². The summed E-state index contributed by atoms with van der Waals surface area (Å²) in [7, 11) is 3.37. The molecule has 1 atom stereocenters. The molecule has 2 N–H and O–H groups in total. The van der Waals surface area contributed by atoms with E-state index in [4.69, 9.17) is 0 Å². The summed E-state index contributed by atoms with van der Waals surface area (Å²) in [5.41, 5.74) is 2.04. The third-order valence-electron chi connectivity index (χ3n) is 4.65. The number of rotatable bonds is 5. The molecule has 1 unspecified atom stereocenters. The summed E-state index contributed by atoms with van der Waals surface area (Å²) < 4.78 is 0. The predicted octanol–water partition coefficient (Wildman–Crippen LogP) is 0.774. The number of nitrogens with zero attached hydrogens (tertiary/aromatic N) is 2. The van der Waals surface area contributed by atoms with Gasteiger partial charge < -0.3 is 15.5 Å². The average Bonchev–Trinajstić information content (AvgIpc) is 2.89. The first-order chi connectivity index (χ1) is 13.3. The van der Waals surface area contributed by atoms with E-state index in [9.17, 15) is 19.2 Å². The Morgan fingerprint density at radius 1 is 1.32 bits per heavy atom. The van der Waals surface area contributed by atoms with Crippen LogP contribution in [0.2, 0.25) is 0 Å². The van der Waals surface area contributed by atoms with E-state index in [-0.39, 0.29) is 18.0 Å². The minimum atomic E-state index is -0.843. The van der Waals surface area contributed by atoms with Gasteiger partial charge in [-0.15, -0.1) is 0 Å². The van der Waals surface area contributed by atoms with Gasteiger partial charge in [-0.3, -0.25) is 24.1 Å². The Morgan fingerprint density at radius 2 is 2.07 bits per heavy atom. The summed E-state index contributed by atoms with van der Waals surface area (Å²) in [6.07, 6.45) is 2.28. The number of carbonyl (C=O) groups is 4. The van der Waals surface area contributed by atoms with Crippen LogP contribution in [-0.4, -0.2) is 53.6 Å². The van der Waals surface area contributed by atoms with E-state index in [0.29, 0.717) is 24.2 Å². The lowest BCUT2D eigenvalue weighted by Gasteiger charge is -2.29. The lowest BCUT2D eigenvalue weighted by atomic mass is 10.0. The highest BCUT2D eigenvalue weighted by atomic mass is 16.2. The van der Waals surface area contributed by atoms with Gasteiger partial charge in [0.15, 0.2) is 0 Å². The standard InChI is InChI=1S/C20H22N4O4/c1-12-7-8-16(19(27)21-12)24-18(26)11-15(20(24)28)22-14-6-4-5-13(9-14)10-17(25)23(2)3/h4-6,9,11,16,22H,1,7-8,10H2,2-3H3,(H,21,27). The molecule has 1 fully saturated rings. The van der Waals surface area contributed by atoms with Crippen LogP contribution in [0.5, 0.6) is 0 Å². The number of hydrogen-bond acceptors (Lipinski definition) is 5.